The van der Waals surface area contributed by atoms with Gasteiger partial charge in [0.25, 0.3) is 5.91 Å². The average Bonchev–Trinajstić information content (AvgIpc) is 2.74. The van der Waals surface area contributed by atoms with Gasteiger partial charge in [-0.1, -0.05) is 43.0 Å². The number of halogens is 1. The third kappa shape index (κ3) is 6.23. The third-order valence-corrected chi connectivity index (χ3v) is 5.56. The number of hydrogen-bond donors (Lipinski definition) is 2. The van der Waals surface area contributed by atoms with Crippen LogP contribution in [0.15, 0.2) is 42.5 Å². The lowest BCUT2D eigenvalue weighted by Gasteiger charge is -2.23. The standard InChI is InChI=1S/C23H27ClN2O3/c1-29-19-11-7-16(8-12-19)9-14-22(27)25-18-10-13-21(24)20(15-18)23(28)26-17-5-3-2-4-6-17/h7-8,10-13,15,17H,2-6,9,14H2,1H3,(H,25,27)(H,26,28). The van der Waals surface area contributed by atoms with E-state index < -0.39 is 0 Å². The SMILES string of the molecule is COc1ccc(CCC(=O)Nc2ccc(Cl)c(C(=O)NC3CCCCC3)c2)cc1. The molecule has 0 aliphatic heterocycles. The van der Waals surface area contributed by atoms with Crippen LogP contribution in [0.4, 0.5) is 5.69 Å². The van der Waals surface area contributed by atoms with Crippen LogP contribution in [0.25, 0.3) is 0 Å². The molecule has 2 amide bonds. The molecule has 0 spiro atoms. The van der Waals surface area contributed by atoms with E-state index in [9.17, 15) is 9.59 Å². The fraction of sp³-hybridized carbons (Fsp3) is 0.391. The first-order chi connectivity index (χ1) is 14.0. The van der Waals surface area contributed by atoms with E-state index >= 15 is 0 Å². The average molecular weight is 415 g/mol. The maximum Gasteiger partial charge on any atom is 0.253 e. The number of rotatable bonds is 7. The number of ether oxygens (including phenoxy) is 1. The van der Waals surface area contributed by atoms with Crippen molar-refractivity contribution in [3.63, 3.8) is 0 Å². The van der Waals surface area contributed by atoms with Gasteiger partial charge in [0, 0.05) is 18.2 Å². The molecule has 1 aliphatic carbocycles. The maximum absolute atomic E-state index is 12.6. The maximum atomic E-state index is 12.6. The summed E-state index contributed by atoms with van der Waals surface area (Å²) >= 11 is 6.23. The van der Waals surface area contributed by atoms with Crippen LogP contribution in [0.1, 0.15) is 54.4 Å². The minimum Gasteiger partial charge on any atom is -0.497 e. The summed E-state index contributed by atoms with van der Waals surface area (Å²) in [6.45, 7) is 0. The minimum atomic E-state index is -0.184. The molecule has 0 unspecified atom stereocenters. The number of hydrogen-bond acceptors (Lipinski definition) is 3. The molecule has 1 aliphatic rings. The summed E-state index contributed by atoms with van der Waals surface area (Å²) in [5.41, 5.74) is 2.03. The van der Waals surface area contributed by atoms with E-state index in [1.165, 1.54) is 6.42 Å². The van der Waals surface area contributed by atoms with Crippen LogP contribution in [0.3, 0.4) is 0 Å². The zero-order chi connectivity index (χ0) is 20.6. The molecule has 2 aromatic carbocycles. The number of aryl methyl sites for hydroxylation is 1. The molecule has 6 heteroatoms. The highest BCUT2D eigenvalue weighted by Gasteiger charge is 2.19. The fourth-order valence-corrected chi connectivity index (χ4v) is 3.76. The first-order valence-electron chi connectivity index (χ1n) is 10.1. The highest BCUT2D eigenvalue weighted by atomic mass is 35.5. The summed E-state index contributed by atoms with van der Waals surface area (Å²) in [7, 11) is 1.62. The van der Waals surface area contributed by atoms with Crippen molar-refractivity contribution >= 4 is 29.1 Å². The van der Waals surface area contributed by atoms with Crippen LogP contribution in [-0.4, -0.2) is 25.0 Å². The Kier molecular flexibility index (Phi) is 7.53. The van der Waals surface area contributed by atoms with Crippen molar-refractivity contribution in [3.8, 4) is 5.75 Å². The van der Waals surface area contributed by atoms with Crippen molar-refractivity contribution in [2.75, 3.05) is 12.4 Å². The molecule has 0 aromatic heterocycles. The predicted molar refractivity (Wildman–Crippen MR) is 116 cm³/mol. The second-order valence-electron chi connectivity index (χ2n) is 7.40. The monoisotopic (exact) mass is 414 g/mol. The molecule has 0 atom stereocenters. The van der Waals surface area contributed by atoms with Crippen LogP contribution in [0.5, 0.6) is 5.75 Å². The van der Waals surface area contributed by atoms with E-state index in [0.29, 0.717) is 29.1 Å². The predicted octanol–water partition coefficient (Wildman–Crippen LogP) is 4.98. The Morgan fingerprint density at radius 1 is 1.07 bits per heavy atom. The molecule has 0 saturated heterocycles. The van der Waals surface area contributed by atoms with Crippen molar-refractivity contribution < 1.29 is 14.3 Å². The Labute approximate surface area is 176 Å². The first-order valence-corrected chi connectivity index (χ1v) is 10.5. The van der Waals surface area contributed by atoms with E-state index in [1.54, 1.807) is 25.3 Å². The Bertz CT molecular complexity index is 846. The second-order valence-corrected chi connectivity index (χ2v) is 7.81. The van der Waals surface area contributed by atoms with Gasteiger partial charge >= 0.3 is 0 Å². The molecule has 3 rings (SSSR count). The lowest BCUT2D eigenvalue weighted by Crippen LogP contribution is -2.36. The van der Waals surface area contributed by atoms with E-state index in [1.807, 2.05) is 24.3 Å². The molecule has 1 fully saturated rings. The zero-order valence-electron chi connectivity index (χ0n) is 16.7. The van der Waals surface area contributed by atoms with Crippen LogP contribution >= 0.6 is 11.6 Å². The lowest BCUT2D eigenvalue weighted by molar-refractivity contribution is -0.116. The van der Waals surface area contributed by atoms with Gasteiger partial charge in [0.05, 0.1) is 17.7 Å². The molecule has 0 radical (unpaired) electrons. The largest absolute Gasteiger partial charge is 0.497 e. The molecule has 154 valence electrons. The van der Waals surface area contributed by atoms with Gasteiger partial charge in [-0.25, -0.2) is 0 Å². The Morgan fingerprint density at radius 3 is 2.48 bits per heavy atom. The molecule has 5 nitrogen and oxygen atoms in total. The lowest BCUT2D eigenvalue weighted by atomic mass is 9.95. The van der Waals surface area contributed by atoms with Gasteiger partial charge in [-0.05, 0) is 55.2 Å². The molecular formula is C23H27ClN2O3. The van der Waals surface area contributed by atoms with Gasteiger partial charge in [0.15, 0.2) is 0 Å². The van der Waals surface area contributed by atoms with Crippen molar-refractivity contribution in [2.45, 2.75) is 51.0 Å². The highest BCUT2D eigenvalue weighted by molar-refractivity contribution is 6.34. The van der Waals surface area contributed by atoms with Crippen molar-refractivity contribution in [1.82, 2.24) is 5.32 Å². The van der Waals surface area contributed by atoms with Gasteiger partial charge < -0.3 is 15.4 Å². The van der Waals surface area contributed by atoms with Crippen LogP contribution in [-0.2, 0) is 11.2 Å². The van der Waals surface area contributed by atoms with E-state index in [-0.39, 0.29) is 17.9 Å². The van der Waals surface area contributed by atoms with Crippen LogP contribution in [0.2, 0.25) is 5.02 Å². The zero-order valence-corrected chi connectivity index (χ0v) is 17.4. The second kappa shape index (κ2) is 10.3. The highest BCUT2D eigenvalue weighted by Crippen LogP contribution is 2.23. The number of carbonyl (C=O) groups is 2. The van der Waals surface area contributed by atoms with Gasteiger partial charge in [0.1, 0.15) is 5.75 Å². The number of carbonyl (C=O) groups excluding carboxylic acids is 2. The summed E-state index contributed by atoms with van der Waals surface area (Å²) in [5.74, 6) is 0.497. The Balaban J connectivity index is 1.56. The minimum absolute atomic E-state index is 0.109. The van der Waals surface area contributed by atoms with Crippen LogP contribution in [0, 0.1) is 0 Å². The number of amides is 2. The van der Waals surface area contributed by atoms with Crippen molar-refractivity contribution in [2.24, 2.45) is 0 Å². The van der Waals surface area contributed by atoms with Gasteiger partial charge in [0.2, 0.25) is 5.91 Å². The summed E-state index contributed by atoms with van der Waals surface area (Å²) < 4.78 is 5.14. The third-order valence-electron chi connectivity index (χ3n) is 5.23. The smallest absolute Gasteiger partial charge is 0.253 e. The quantitative estimate of drug-likeness (QED) is 0.671. The van der Waals surface area contributed by atoms with Crippen molar-refractivity contribution in [3.05, 3.63) is 58.6 Å². The summed E-state index contributed by atoms with van der Waals surface area (Å²) in [6.07, 6.45) is 6.49. The van der Waals surface area contributed by atoms with E-state index in [4.69, 9.17) is 16.3 Å². The van der Waals surface area contributed by atoms with Gasteiger partial charge in [-0.2, -0.15) is 0 Å². The van der Waals surface area contributed by atoms with Gasteiger partial charge in [-0.3, -0.25) is 9.59 Å². The molecule has 1 saturated carbocycles. The molecule has 2 N–H and O–H groups in total. The first kappa shape index (κ1) is 21.2. The topological polar surface area (TPSA) is 67.4 Å². The summed E-state index contributed by atoms with van der Waals surface area (Å²) in [4.78, 5) is 24.9. The number of nitrogens with one attached hydrogen (secondary N) is 2. The van der Waals surface area contributed by atoms with Crippen molar-refractivity contribution in [1.29, 1.82) is 0 Å². The summed E-state index contributed by atoms with van der Waals surface area (Å²) in [5, 5.41) is 6.31. The number of anilines is 1. The van der Waals surface area contributed by atoms with E-state index in [2.05, 4.69) is 10.6 Å². The van der Waals surface area contributed by atoms with E-state index in [0.717, 1.165) is 37.0 Å². The number of benzene rings is 2. The van der Waals surface area contributed by atoms with Crippen LogP contribution < -0.4 is 15.4 Å². The Hall–Kier alpha value is -2.53. The molecular weight excluding hydrogens is 388 g/mol. The van der Waals surface area contributed by atoms with Gasteiger partial charge in [-0.15, -0.1) is 0 Å². The Morgan fingerprint density at radius 2 is 1.79 bits per heavy atom. The fourth-order valence-electron chi connectivity index (χ4n) is 3.56. The molecule has 0 heterocycles. The molecule has 29 heavy (non-hydrogen) atoms. The molecule has 0 bridgehead atoms. The normalized spacial score (nSPS) is 14.3. The molecule has 2 aromatic rings. The number of methoxy groups -OCH3 is 1. The summed E-state index contributed by atoms with van der Waals surface area (Å²) in [6, 6.07) is 12.9.